The number of hydrogen-bond acceptors (Lipinski definition) is 1. The number of carbonyl (C=O) groups is 1. The van der Waals surface area contributed by atoms with Gasteiger partial charge in [-0.25, -0.2) is 4.39 Å². The highest BCUT2D eigenvalue weighted by atomic mass is 19.4. The summed E-state index contributed by atoms with van der Waals surface area (Å²) in [5.74, 6) is -1.53. The number of alkyl halides is 4. The third-order valence-electron chi connectivity index (χ3n) is 1.98. The maximum absolute atomic E-state index is 13.1. The molecule has 0 aliphatic rings. The summed E-state index contributed by atoms with van der Waals surface area (Å²) in [6, 6.07) is 0. The first-order valence-electron chi connectivity index (χ1n) is 4.23. The molecule has 0 radical (unpaired) electrons. The van der Waals surface area contributed by atoms with Crippen molar-refractivity contribution in [1.29, 1.82) is 0 Å². The number of hydrogen-bond donors (Lipinski definition) is 0. The molecule has 0 aromatic carbocycles. The second kappa shape index (κ2) is 4.14. The molecule has 0 aliphatic heterocycles. The Hall–Kier alpha value is -0.810. The van der Waals surface area contributed by atoms with E-state index in [4.69, 9.17) is 0 Å². The van der Waals surface area contributed by atoms with Crippen molar-refractivity contribution in [2.24, 2.45) is 0 Å². The molecule has 1 unspecified atom stereocenters. The van der Waals surface area contributed by atoms with Crippen molar-refractivity contribution in [2.45, 2.75) is 32.6 Å². The Kier molecular flexibility index (Phi) is 3.91. The van der Waals surface area contributed by atoms with E-state index >= 15 is 0 Å². The van der Waals surface area contributed by atoms with Crippen molar-refractivity contribution in [1.82, 2.24) is 4.90 Å². The zero-order chi connectivity index (χ0) is 11.6. The van der Waals surface area contributed by atoms with Crippen molar-refractivity contribution in [3.05, 3.63) is 0 Å². The highest BCUT2D eigenvalue weighted by Crippen LogP contribution is 2.35. The van der Waals surface area contributed by atoms with Gasteiger partial charge in [0.15, 0.2) is 0 Å². The maximum Gasteiger partial charge on any atom is 0.431 e. The summed E-state index contributed by atoms with van der Waals surface area (Å²) >= 11 is 0. The second-order valence-electron chi connectivity index (χ2n) is 2.98. The smallest absolute Gasteiger partial charge is 0.340 e. The Morgan fingerprint density at radius 1 is 1.14 bits per heavy atom. The van der Waals surface area contributed by atoms with Crippen molar-refractivity contribution < 1.29 is 22.4 Å². The van der Waals surface area contributed by atoms with Crippen LogP contribution in [0.4, 0.5) is 17.6 Å². The average Bonchev–Trinajstić information content (AvgIpc) is 2.04. The summed E-state index contributed by atoms with van der Waals surface area (Å²) in [5.41, 5.74) is -3.79. The molecule has 1 atom stereocenters. The van der Waals surface area contributed by atoms with Gasteiger partial charge in [0.2, 0.25) is 0 Å². The first kappa shape index (κ1) is 13.2. The van der Waals surface area contributed by atoms with Crippen LogP contribution in [0.1, 0.15) is 20.8 Å². The minimum atomic E-state index is -5.16. The molecule has 0 saturated heterocycles. The van der Waals surface area contributed by atoms with E-state index in [-0.39, 0.29) is 20.0 Å². The summed E-state index contributed by atoms with van der Waals surface area (Å²) in [7, 11) is 0. The number of carbonyl (C=O) groups excluding carboxylic acids is 1. The normalized spacial score (nSPS) is 16.2. The predicted molar refractivity (Wildman–Crippen MR) is 43.5 cm³/mol. The van der Waals surface area contributed by atoms with Crippen molar-refractivity contribution in [3.63, 3.8) is 0 Å². The van der Waals surface area contributed by atoms with E-state index in [1.807, 2.05) is 0 Å². The van der Waals surface area contributed by atoms with Crippen molar-refractivity contribution >= 4 is 5.91 Å². The predicted octanol–water partition coefficient (Wildman–Crippen LogP) is 2.15. The van der Waals surface area contributed by atoms with Crippen LogP contribution in [0.5, 0.6) is 0 Å². The lowest BCUT2D eigenvalue weighted by Gasteiger charge is -2.28. The Morgan fingerprint density at radius 2 is 1.50 bits per heavy atom. The summed E-state index contributed by atoms with van der Waals surface area (Å²) in [6.07, 6.45) is -5.16. The summed E-state index contributed by atoms with van der Waals surface area (Å²) < 4.78 is 49.4. The van der Waals surface area contributed by atoms with Crippen LogP contribution in [0.25, 0.3) is 0 Å². The van der Waals surface area contributed by atoms with Gasteiger partial charge in [-0.15, -0.1) is 0 Å². The molecule has 0 aromatic rings. The largest absolute Gasteiger partial charge is 0.431 e. The van der Waals surface area contributed by atoms with E-state index in [0.29, 0.717) is 0 Å². The van der Waals surface area contributed by atoms with E-state index in [2.05, 4.69) is 0 Å². The molecule has 0 rings (SSSR count). The lowest BCUT2D eigenvalue weighted by molar-refractivity contribution is -0.226. The Bertz CT molecular complexity index is 208. The molecule has 0 bridgehead atoms. The van der Waals surface area contributed by atoms with Gasteiger partial charge in [-0.1, -0.05) is 0 Å². The molecule has 0 heterocycles. The van der Waals surface area contributed by atoms with Gasteiger partial charge < -0.3 is 4.90 Å². The van der Waals surface area contributed by atoms with Gasteiger partial charge in [0.05, 0.1) is 0 Å². The van der Waals surface area contributed by atoms with Crippen LogP contribution in [-0.4, -0.2) is 35.7 Å². The van der Waals surface area contributed by atoms with E-state index in [1.54, 1.807) is 0 Å². The molecular formula is C8H13F4NO. The van der Waals surface area contributed by atoms with E-state index in [0.717, 1.165) is 4.90 Å². The SMILES string of the molecule is CCN(CC)C(=O)C(C)(F)C(F)(F)F. The van der Waals surface area contributed by atoms with Crippen molar-refractivity contribution in [2.75, 3.05) is 13.1 Å². The van der Waals surface area contributed by atoms with Gasteiger partial charge in [-0.05, 0) is 20.8 Å². The van der Waals surface area contributed by atoms with Gasteiger partial charge in [-0.2, -0.15) is 13.2 Å². The van der Waals surface area contributed by atoms with Crippen molar-refractivity contribution in [3.8, 4) is 0 Å². The third kappa shape index (κ3) is 2.36. The fourth-order valence-corrected chi connectivity index (χ4v) is 0.929. The molecule has 0 fully saturated rings. The van der Waals surface area contributed by atoms with Crippen LogP contribution in [0.3, 0.4) is 0 Å². The Labute approximate surface area is 79.9 Å². The quantitative estimate of drug-likeness (QED) is 0.660. The van der Waals surface area contributed by atoms with Crippen LogP contribution in [-0.2, 0) is 4.79 Å². The molecule has 0 aliphatic carbocycles. The topological polar surface area (TPSA) is 20.3 Å². The minimum Gasteiger partial charge on any atom is -0.340 e. The molecule has 0 saturated carbocycles. The van der Waals surface area contributed by atoms with Gasteiger partial charge in [0.25, 0.3) is 11.6 Å². The molecule has 0 spiro atoms. The lowest BCUT2D eigenvalue weighted by atomic mass is 10.1. The van der Waals surface area contributed by atoms with Crippen LogP contribution in [0, 0.1) is 0 Å². The zero-order valence-corrected chi connectivity index (χ0v) is 8.28. The molecule has 14 heavy (non-hydrogen) atoms. The fraction of sp³-hybridized carbons (Fsp3) is 0.875. The Balaban J connectivity index is 4.83. The van der Waals surface area contributed by atoms with E-state index in [9.17, 15) is 22.4 Å². The molecule has 84 valence electrons. The number of halogens is 4. The zero-order valence-electron chi connectivity index (χ0n) is 8.28. The van der Waals surface area contributed by atoms with Crippen LogP contribution in [0.2, 0.25) is 0 Å². The average molecular weight is 215 g/mol. The number of rotatable bonds is 3. The van der Waals surface area contributed by atoms with Gasteiger partial charge in [-0.3, -0.25) is 4.79 Å². The summed E-state index contributed by atoms with van der Waals surface area (Å²) in [6.45, 7) is 3.35. The minimum absolute atomic E-state index is 0.0604. The molecule has 0 aromatic heterocycles. The number of nitrogens with zero attached hydrogens (tertiary/aromatic N) is 1. The highest BCUT2D eigenvalue weighted by molar-refractivity contribution is 5.85. The maximum atomic E-state index is 13.1. The summed E-state index contributed by atoms with van der Waals surface area (Å²) in [4.78, 5) is 11.9. The van der Waals surface area contributed by atoms with Crippen LogP contribution < -0.4 is 0 Å². The molecule has 1 amide bonds. The lowest BCUT2D eigenvalue weighted by Crippen LogP contribution is -2.52. The van der Waals surface area contributed by atoms with E-state index in [1.165, 1.54) is 13.8 Å². The van der Waals surface area contributed by atoms with Gasteiger partial charge in [0.1, 0.15) is 0 Å². The first-order valence-corrected chi connectivity index (χ1v) is 4.23. The first-order chi connectivity index (χ1) is 6.18. The van der Waals surface area contributed by atoms with E-state index < -0.39 is 17.8 Å². The fourth-order valence-electron chi connectivity index (χ4n) is 0.929. The molecule has 6 heteroatoms. The summed E-state index contributed by atoms with van der Waals surface area (Å²) in [5, 5.41) is 0. The Morgan fingerprint density at radius 3 is 1.71 bits per heavy atom. The van der Waals surface area contributed by atoms with Gasteiger partial charge >= 0.3 is 6.18 Å². The van der Waals surface area contributed by atoms with Crippen LogP contribution in [0.15, 0.2) is 0 Å². The molecule has 2 nitrogen and oxygen atoms in total. The molecular weight excluding hydrogens is 202 g/mol. The standard InChI is InChI=1S/C8H13F4NO/c1-4-13(5-2)6(14)7(3,9)8(10,11)12/h4-5H2,1-3H3. The number of amides is 1. The van der Waals surface area contributed by atoms with Gasteiger partial charge in [0, 0.05) is 13.1 Å². The van der Waals surface area contributed by atoms with Crippen LogP contribution >= 0.6 is 0 Å². The second-order valence-corrected chi connectivity index (χ2v) is 2.98. The highest BCUT2D eigenvalue weighted by Gasteiger charge is 2.59. The molecule has 0 N–H and O–H groups in total. The third-order valence-corrected chi connectivity index (χ3v) is 1.98. The monoisotopic (exact) mass is 215 g/mol.